The lowest BCUT2D eigenvalue weighted by atomic mass is 10.0. The molecule has 0 bridgehead atoms. The maximum Gasteiger partial charge on any atom is 0.238 e. The number of benzene rings is 2. The van der Waals surface area contributed by atoms with Crippen LogP contribution in [-0.2, 0) is 14.4 Å². The van der Waals surface area contributed by atoms with E-state index < -0.39 is 0 Å². The lowest BCUT2D eigenvalue weighted by Crippen LogP contribution is -2.51. The third kappa shape index (κ3) is 6.40. The molecular weight excluding hydrogens is 404 g/mol. The Morgan fingerprint density at radius 3 is 2.28 bits per heavy atom. The summed E-state index contributed by atoms with van der Waals surface area (Å²) in [6, 6.07) is 15.1. The number of amides is 3. The molecule has 0 aromatic heterocycles. The van der Waals surface area contributed by atoms with E-state index >= 15 is 0 Å². The fourth-order valence-corrected chi connectivity index (χ4v) is 3.92. The van der Waals surface area contributed by atoms with Crippen LogP contribution in [0, 0.1) is 13.8 Å². The van der Waals surface area contributed by atoms with Crippen LogP contribution in [0.25, 0.3) is 0 Å². The Hall–Kier alpha value is -3.19. The van der Waals surface area contributed by atoms with Crippen molar-refractivity contribution in [3.05, 3.63) is 65.2 Å². The van der Waals surface area contributed by atoms with Gasteiger partial charge in [-0.3, -0.25) is 19.3 Å². The molecule has 2 aromatic carbocycles. The first kappa shape index (κ1) is 23.5. The van der Waals surface area contributed by atoms with Gasteiger partial charge >= 0.3 is 0 Å². The van der Waals surface area contributed by atoms with Gasteiger partial charge in [-0.05, 0) is 36.6 Å². The van der Waals surface area contributed by atoms with Crippen LogP contribution in [0.4, 0.5) is 5.69 Å². The molecule has 7 heteroatoms. The molecule has 0 saturated carbocycles. The van der Waals surface area contributed by atoms with Crippen molar-refractivity contribution in [2.45, 2.75) is 33.2 Å². The van der Waals surface area contributed by atoms with E-state index in [2.05, 4.69) is 15.5 Å². The lowest BCUT2D eigenvalue weighted by molar-refractivity contribution is -0.133. The second kappa shape index (κ2) is 10.9. The molecule has 3 amide bonds. The highest BCUT2D eigenvalue weighted by atomic mass is 16.2. The van der Waals surface area contributed by atoms with Gasteiger partial charge in [0.2, 0.25) is 17.7 Å². The summed E-state index contributed by atoms with van der Waals surface area (Å²) in [5, 5.41) is 5.88. The molecule has 0 spiro atoms. The number of hydrogen-bond donors (Lipinski definition) is 2. The summed E-state index contributed by atoms with van der Waals surface area (Å²) in [5.74, 6) is -0.202. The number of rotatable bonds is 7. The zero-order valence-corrected chi connectivity index (χ0v) is 19.1. The predicted molar refractivity (Wildman–Crippen MR) is 125 cm³/mol. The summed E-state index contributed by atoms with van der Waals surface area (Å²) in [6.07, 6.45) is 0.219. The number of hydrogen-bond acceptors (Lipinski definition) is 4. The SMILES string of the molecule is CC(=O)NC(CC(=O)N1CCN(CC(=O)Nc2cccc(C)c2C)CC1)c1ccccc1. The van der Waals surface area contributed by atoms with E-state index in [1.807, 2.05) is 67.3 Å². The quantitative estimate of drug-likeness (QED) is 0.699. The van der Waals surface area contributed by atoms with Gasteiger partial charge < -0.3 is 15.5 Å². The molecule has 1 unspecified atom stereocenters. The van der Waals surface area contributed by atoms with Crippen LogP contribution in [0.3, 0.4) is 0 Å². The number of nitrogens with one attached hydrogen (secondary N) is 2. The second-order valence-electron chi connectivity index (χ2n) is 8.32. The van der Waals surface area contributed by atoms with Gasteiger partial charge in [0.15, 0.2) is 0 Å². The molecule has 3 rings (SSSR count). The van der Waals surface area contributed by atoms with Gasteiger partial charge in [-0.1, -0.05) is 42.5 Å². The average molecular weight is 437 g/mol. The normalized spacial score (nSPS) is 15.2. The fraction of sp³-hybridized carbons (Fsp3) is 0.400. The van der Waals surface area contributed by atoms with Crippen molar-refractivity contribution in [3.8, 4) is 0 Å². The van der Waals surface area contributed by atoms with Crippen molar-refractivity contribution in [1.29, 1.82) is 0 Å². The summed E-state index contributed by atoms with van der Waals surface area (Å²) in [4.78, 5) is 40.9. The van der Waals surface area contributed by atoms with Crippen LogP contribution in [0.15, 0.2) is 48.5 Å². The lowest BCUT2D eigenvalue weighted by Gasteiger charge is -2.35. The summed E-state index contributed by atoms with van der Waals surface area (Å²) in [5.41, 5.74) is 3.97. The molecule has 1 aliphatic rings. The van der Waals surface area contributed by atoms with Crippen LogP contribution < -0.4 is 10.6 Å². The van der Waals surface area contributed by atoms with Crippen molar-refractivity contribution in [2.24, 2.45) is 0 Å². The van der Waals surface area contributed by atoms with E-state index in [1.54, 1.807) is 0 Å². The first-order valence-corrected chi connectivity index (χ1v) is 11.0. The largest absolute Gasteiger partial charge is 0.349 e. The molecule has 0 radical (unpaired) electrons. The van der Waals surface area contributed by atoms with E-state index in [0.717, 1.165) is 22.4 Å². The maximum absolute atomic E-state index is 12.9. The number of carbonyl (C=O) groups excluding carboxylic acids is 3. The van der Waals surface area contributed by atoms with Crippen molar-refractivity contribution < 1.29 is 14.4 Å². The molecule has 1 atom stereocenters. The fourth-order valence-electron chi connectivity index (χ4n) is 3.92. The van der Waals surface area contributed by atoms with Crippen molar-refractivity contribution in [1.82, 2.24) is 15.1 Å². The first-order valence-electron chi connectivity index (χ1n) is 11.0. The average Bonchev–Trinajstić information content (AvgIpc) is 2.77. The molecular formula is C25H32N4O3. The standard InChI is InChI=1S/C25H32N4O3/c1-18-8-7-11-22(19(18)2)27-24(31)17-28-12-14-29(15-13-28)25(32)16-23(26-20(3)30)21-9-5-4-6-10-21/h4-11,23H,12-17H2,1-3H3,(H,26,30)(H,27,31). The molecule has 1 fully saturated rings. The van der Waals surface area contributed by atoms with E-state index in [-0.39, 0.29) is 30.2 Å². The van der Waals surface area contributed by atoms with E-state index in [9.17, 15) is 14.4 Å². The monoisotopic (exact) mass is 436 g/mol. The Morgan fingerprint density at radius 1 is 0.938 bits per heavy atom. The number of nitrogens with zero attached hydrogens (tertiary/aromatic N) is 2. The Labute approximate surface area is 189 Å². The van der Waals surface area contributed by atoms with Crippen LogP contribution in [0.1, 0.15) is 36.1 Å². The van der Waals surface area contributed by atoms with Crippen LogP contribution in [-0.4, -0.2) is 60.2 Å². The zero-order valence-electron chi connectivity index (χ0n) is 19.1. The molecule has 7 nitrogen and oxygen atoms in total. The summed E-state index contributed by atoms with van der Waals surface area (Å²) < 4.78 is 0. The Morgan fingerprint density at radius 2 is 1.62 bits per heavy atom. The van der Waals surface area contributed by atoms with Gasteiger partial charge in [0, 0.05) is 38.8 Å². The van der Waals surface area contributed by atoms with Gasteiger partial charge in [-0.2, -0.15) is 0 Å². The predicted octanol–water partition coefficient (Wildman–Crippen LogP) is 2.65. The van der Waals surface area contributed by atoms with Gasteiger partial charge in [0.05, 0.1) is 19.0 Å². The van der Waals surface area contributed by atoms with Gasteiger partial charge in [0.25, 0.3) is 0 Å². The third-order valence-electron chi connectivity index (χ3n) is 5.93. The smallest absolute Gasteiger partial charge is 0.238 e. The minimum atomic E-state index is -0.345. The summed E-state index contributed by atoms with van der Waals surface area (Å²) in [7, 11) is 0. The molecule has 0 aliphatic carbocycles. The maximum atomic E-state index is 12.9. The highest BCUT2D eigenvalue weighted by Crippen LogP contribution is 2.19. The minimum Gasteiger partial charge on any atom is -0.349 e. The summed E-state index contributed by atoms with van der Waals surface area (Å²) >= 11 is 0. The third-order valence-corrected chi connectivity index (χ3v) is 5.93. The van der Waals surface area contributed by atoms with Crippen LogP contribution in [0.5, 0.6) is 0 Å². The Bertz CT molecular complexity index is 953. The molecule has 2 aromatic rings. The molecule has 170 valence electrons. The topological polar surface area (TPSA) is 81.8 Å². The Balaban J connectivity index is 1.50. The highest BCUT2D eigenvalue weighted by Gasteiger charge is 2.25. The molecule has 1 saturated heterocycles. The molecule has 32 heavy (non-hydrogen) atoms. The van der Waals surface area contributed by atoms with E-state index in [0.29, 0.717) is 32.7 Å². The van der Waals surface area contributed by atoms with Crippen molar-refractivity contribution in [2.75, 3.05) is 38.0 Å². The van der Waals surface area contributed by atoms with E-state index in [4.69, 9.17) is 0 Å². The van der Waals surface area contributed by atoms with Crippen LogP contribution in [0.2, 0.25) is 0 Å². The highest BCUT2D eigenvalue weighted by molar-refractivity contribution is 5.93. The van der Waals surface area contributed by atoms with Crippen molar-refractivity contribution in [3.63, 3.8) is 0 Å². The van der Waals surface area contributed by atoms with Gasteiger partial charge in [0.1, 0.15) is 0 Å². The molecule has 1 aliphatic heterocycles. The molecule has 1 heterocycles. The summed E-state index contributed by atoms with van der Waals surface area (Å²) in [6.45, 7) is 8.20. The van der Waals surface area contributed by atoms with E-state index in [1.165, 1.54) is 6.92 Å². The number of piperazine rings is 1. The van der Waals surface area contributed by atoms with Crippen molar-refractivity contribution >= 4 is 23.4 Å². The Kier molecular flexibility index (Phi) is 8.00. The van der Waals surface area contributed by atoms with Gasteiger partial charge in [-0.15, -0.1) is 0 Å². The second-order valence-corrected chi connectivity index (χ2v) is 8.32. The molecule has 2 N–H and O–H groups in total. The van der Waals surface area contributed by atoms with Crippen LogP contribution >= 0.6 is 0 Å². The van der Waals surface area contributed by atoms with Gasteiger partial charge in [-0.25, -0.2) is 0 Å². The first-order chi connectivity index (χ1) is 15.3. The number of carbonyl (C=O) groups is 3. The number of anilines is 1. The number of aryl methyl sites for hydroxylation is 1. The minimum absolute atomic E-state index is 0.00656. The zero-order chi connectivity index (χ0) is 23.1.